The molecular weight excluding hydrogens is 270 g/mol. The second-order valence-electron chi connectivity index (χ2n) is 4.12. The molecule has 0 atom stereocenters. The highest BCUT2D eigenvalue weighted by Gasteiger charge is 2.37. The molecular formula is C12H16BrNS. The molecule has 2 rings (SSSR count). The van der Waals surface area contributed by atoms with Crippen LogP contribution in [-0.2, 0) is 0 Å². The van der Waals surface area contributed by atoms with Gasteiger partial charge in [0.05, 0.1) is 0 Å². The lowest BCUT2D eigenvalue weighted by atomic mass is 9.84. The fourth-order valence-corrected chi connectivity index (χ4v) is 3.71. The van der Waals surface area contributed by atoms with Gasteiger partial charge in [-0.2, -0.15) is 0 Å². The molecule has 1 aromatic carbocycles. The van der Waals surface area contributed by atoms with Crippen LogP contribution >= 0.6 is 27.7 Å². The predicted octanol–water partition coefficient (Wildman–Crippen LogP) is 3.68. The molecule has 0 saturated heterocycles. The van der Waals surface area contributed by atoms with Crippen molar-refractivity contribution in [3.05, 3.63) is 28.7 Å². The number of thioether (sulfide) groups is 1. The van der Waals surface area contributed by atoms with Crippen LogP contribution in [-0.4, -0.2) is 18.3 Å². The van der Waals surface area contributed by atoms with Crippen molar-refractivity contribution in [3.63, 3.8) is 0 Å². The Hall–Kier alpha value is 0.01000. The Bertz CT molecular complexity index is 319. The van der Waals surface area contributed by atoms with Gasteiger partial charge in [-0.15, -0.1) is 11.8 Å². The molecule has 0 unspecified atom stereocenters. The van der Waals surface area contributed by atoms with Crippen LogP contribution in [0.15, 0.2) is 33.6 Å². The van der Waals surface area contributed by atoms with E-state index in [9.17, 15) is 0 Å². The minimum absolute atomic E-state index is 0.461. The van der Waals surface area contributed by atoms with Gasteiger partial charge >= 0.3 is 0 Å². The standard InChI is InChI=1S/C12H16BrNS/c1-14-9-12(7-2-8-12)15-11-5-3-10(13)4-6-11/h3-6,14H,2,7-9H2,1H3. The highest BCUT2D eigenvalue weighted by molar-refractivity contribution is 9.10. The van der Waals surface area contributed by atoms with Gasteiger partial charge in [0.2, 0.25) is 0 Å². The van der Waals surface area contributed by atoms with Crippen LogP contribution in [0.3, 0.4) is 0 Å². The van der Waals surface area contributed by atoms with Gasteiger partial charge < -0.3 is 5.32 Å². The topological polar surface area (TPSA) is 12.0 Å². The highest BCUT2D eigenvalue weighted by atomic mass is 79.9. The van der Waals surface area contributed by atoms with Crippen molar-refractivity contribution in [2.75, 3.05) is 13.6 Å². The Morgan fingerprint density at radius 1 is 1.33 bits per heavy atom. The van der Waals surface area contributed by atoms with E-state index in [4.69, 9.17) is 0 Å². The van der Waals surface area contributed by atoms with Crippen LogP contribution in [0.25, 0.3) is 0 Å². The maximum Gasteiger partial charge on any atom is 0.0331 e. The zero-order valence-electron chi connectivity index (χ0n) is 8.92. The molecule has 0 radical (unpaired) electrons. The minimum Gasteiger partial charge on any atom is -0.318 e. The summed E-state index contributed by atoms with van der Waals surface area (Å²) in [5.41, 5.74) is 0. The first kappa shape index (κ1) is 11.5. The molecule has 0 bridgehead atoms. The fraction of sp³-hybridized carbons (Fsp3) is 0.500. The summed E-state index contributed by atoms with van der Waals surface area (Å²) in [4.78, 5) is 1.38. The summed E-state index contributed by atoms with van der Waals surface area (Å²) in [6, 6.07) is 8.64. The Morgan fingerprint density at radius 2 is 2.00 bits per heavy atom. The summed E-state index contributed by atoms with van der Waals surface area (Å²) in [6.07, 6.45) is 4.06. The van der Waals surface area contributed by atoms with E-state index in [-0.39, 0.29) is 0 Å². The Balaban J connectivity index is 2.03. The summed E-state index contributed by atoms with van der Waals surface area (Å²) < 4.78 is 1.62. The van der Waals surface area contributed by atoms with E-state index in [1.54, 1.807) is 0 Å². The van der Waals surface area contributed by atoms with Gasteiger partial charge in [0, 0.05) is 20.7 Å². The van der Waals surface area contributed by atoms with Crippen LogP contribution in [0.2, 0.25) is 0 Å². The maximum absolute atomic E-state index is 3.47. The van der Waals surface area contributed by atoms with Gasteiger partial charge in [-0.05, 0) is 44.2 Å². The fourth-order valence-electron chi connectivity index (χ4n) is 1.96. The molecule has 1 fully saturated rings. The Labute approximate surface area is 104 Å². The lowest BCUT2D eigenvalue weighted by molar-refractivity contribution is 0.353. The molecule has 1 N–H and O–H groups in total. The van der Waals surface area contributed by atoms with E-state index in [1.165, 1.54) is 24.2 Å². The van der Waals surface area contributed by atoms with E-state index < -0.39 is 0 Å². The normalized spacial score (nSPS) is 18.5. The maximum atomic E-state index is 3.47. The SMILES string of the molecule is CNCC1(Sc2ccc(Br)cc2)CCC1. The molecule has 1 aliphatic carbocycles. The van der Waals surface area contributed by atoms with Gasteiger partial charge in [-0.3, -0.25) is 0 Å². The zero-order chi connectivity index (χ0) is 10.7. The summed E-state index contributed by atoms with van der Waals surface area (Å²) in [6.45, 7) is 1.12. The molecule has 1 aromatic rings. The molecule has 0 aliphatic heterocycles. The van der Waals surface area contributed by atoms with Crippen molar-refractivity contribution in [2.24, 2.45) is 0 Å². The number of hydrogen-bond donors (Lipinski definition) is 1. The van der Waals surface area contributed by atoms with Gasteiger partial charge in [-0.25, -0.2) is 0 Å². The number of rotatable bonds is 4. The van der Waals surface area contributed by atoms with E-state index >= 15 is 0 Å². The van der Waals surface area contributed by atoms with Gasteiger partial charge in [0.15, 0.2) is 0 Å². The van der Waals surface area contributed by atoms with Crippen LogP contribution in [0.4, 0.5) is 0 Å². The van der Waals surface area contributed by atoms with E-state index in [0.29, 0.717) is 4.75 Å². The molecule has 1 nitrogen and oxygen atoms in total. The molecule has 82 valence electrons. The van der Waals surface area contributed by atoms with Crippen molar-refractivity contribution >= 4 is 27.7 Å². The average Bonchev–Trinajstić information content (AvgIpc) is 2.18. The zero-order valence-corrected chi connectivity index (χ0v) is 11.3. The monoisotopic (exact) mass is 285 g/mol. The van der Waals surface area contributed by atoms with Crippen molar-refractivity contribution in [3.8, 4) is 0 Å². The summed E-state index contributed by atoms with van der Waals surface area (Å²) in [5, 5.41) is 3.31. The number of halogens is 1. The number of benzene rings is 1. The van der Waals surface area contributed by atoms with Crippen molar-refractivity contribution in [2.45, 2.75) is 28.9 Å². The summed E-state index contributed by atoms with van der Waals surface area (Å²) in [7, 11) is 2.04. The lowest BCUT2D eigenvalue weighted by Crippen LogP contribution is -2.42. The van der Waals surface area contributed by atoms with E-state index in [0.717, 1.165) is 11.0 Å². The van der Waals surface area contributed by atoms with Gasteiger partial charge in [-0.1, -0.05) is 22.4 Å². The number of nitrogens with one attached hydrogen (secondary N) is 1. The third kappa shape index (κ3) is 2.77. The molecule has 0 amide bonds. The van der Waals surface area contributed by atoms with Crippen molar-refractivity contribution in [1.82, 2.24) is 5.32 Å². The third-order valence-electron chi connectivity index (χ3n) is 2.91. The quantitative estimate of drug-likeness (QED) is 0.906. The minimum atomic E-state index is 0.461. The Morgan fingerprint density at radius 3 is 2.47 bits per heavy atom. The second-order valence-corrected chi connectivity index (χ2v) is 6.58. The van der Waals surface area contributed by atoms with Crippen LogP contribution in [0.1, 0.15) is 19.3 Å². The third-order valence-corrected chi connectivity index (χ3v) is 4.93. The van der Waals surface area contributed by atoms with Crippen molar-refractivity contribution < 1.29 is 0 Å². The molecule has 0 spiro atoms. The lowest BCUT2D eigenvalue weighted by Gasteiger charge is -2.41. The number of hydrogen-bond acceptors (Lipinski definition) is 2. The van der Waals surface area contributed by atoms with Gasteiger partial charge in [0.25, 0.3) is 0 Å². The smallest absolute Gasteiger partial charge is 0.0331 e. The molecule has 3 heteroatoms. The molecule has 0 aromatic heterocycles. The summed E-state index contributed by atoms with van der Waals surface area (Å²) >= 11 is 5.49. The van der Waals surface area contributed by atoms with E-state index in [1.807, 2.05) is 18.8 Å². The first-order valence-electron chi connectivity index (χ1n) is 5.33. The van der Waals surface area contributed by atoms with Crippen LogP contribution in [0.5, 0.6) is 0 Å². The largest absolute Gasteiger partial charge is 0.318 e. The van der Waals surface area contributed by atoms with Crippen LogP contribution in [0, 0.1) is 0 Å². The molecule has 15 heavy (non-hydrogen) atoms. The average molecular weight is 286 g/mol. The molecule has 1 saturated carbocycles. The molecule has 0 heterocycles. The first-order chi connectivity index (χ1) is 7.24. The van der Waals surface area contributed by atoms with Gasteiger partial charge in [0.1, 0.15) is 0 Å². The summed E-state index contributed by atoms with van der Waals surface area (Å²) in [5.74, 6) is 0. The van der Waals surface area contributed by atoms with Crippen molar-refractivity contribution in [1.29, 1.82) is 0 Å². The highest BCUT2D eigenvalue weighted by Crippen LogP contribution is 2.47. The van der Waals surface area contributed by atoms with Crippen LogP contribution < -0.4 is 5.32 Å². The molecule has 1 aliphatic rings. The Kier molecular flexibility index (Phi) is 3.75. The van der Waals surface area contributed by atoms with E-state index in [2.05, 4.69) is 45.5 Å². The predicted molar refractivity (Wildman–Crippen MR) is 70.5 cm³/mol. The second kappa shape index (κ2) is 4.89. The first-order valence-corrected chi connectivity index (χ1v) is 6.94.